The van der Waals surface area contributed by atoms with Gasteiger partial charge in [-0.15, -0.1) is 0 Å². The average molecular weight is 604 g/mol. The number of amides is 2. The van der Waals surface area contributed by atoms with Crippen LogP contribution in [0, 0.1) is 26.1 Å². The van der Waals surface area contributed by atoms with Crippen molar-refractivity contribution in [3.8, 4) is 0 Å². The highest BCUT2D eigenvalue weighted by Gasteiger charge is 2.37. The normalized spacial score (nSPS) is 16.5. The minimum atomic E-state index is -0.525. The van der Waals surface area contributed by atoms with Gasteiger partial charge in [0.1, 0.15) is 11.1 Å². The highest BCUT2D eigenvalue weighted by Crippen LogP contribution is 2.38. The molecule has 0 N–H and O–H groups in total. The number of nitro benzene ring substituents is 2. The van der Waals surface area contributed by atoms with Crippen molar-refractivity contribution in [1.82, 2.24) is 9.80 Å². The number of nitrogens with zero attached hydrogens (tertiary/aromatic N) is 5. The first-order valence-corrected chi connectivity index (χ1v) is 12.8. The van der Waals surface area contributed by atoms with E-state index in [9.17, 15) is 34.6 Å². The Labute approximate surface area is 231 Å². The van der Waals surface area contributed by atoms with Crippen molar-refractivity contribution in [2.24, 2.45) is 5.92 Å². The standard InChI is InChI=1S/C16H19N3O5.C9H7BrN2O3/c1-17-9-11-12(3-4-13(19(22)23)14(11)15(17)20)18-7-5-10(6-8-18)16(21)24-2;1-11-4-5-6(10)2-3-7(12(14)15)8(5)9(11)13/h3-4,10H,5-9H2,1-2H3;2-3H,4H2,1H3. The van der Waals surface area contributed by atoms with Crippen LogP contribution in [0.15, 0.2) is 28.7 Å². The second kappa shape index (κ2) is 11.0. The van der Waals surface area contributed by atoms with Gasteiger partial charge in [0.05, 0.1) is 22.9 Å². The number of nitro groups is 2. The summed E-state index contributed by atoms with van der Waals surface area (Å²) in [5.74, 6) is -0.916. The number of fused-ring (bicyclic) bond motifs is 2. The third-order valence-corrected chi connectivity index (χ3v) is 7.92. The molecule has 3 heterocycles. The molecule has 0 aliphatic carbocycles. The summed E-state index contributed by atoms with van der Waals surface area (Å²) in [5, 5.41) is 22.0. The monoisotopic (exact) mass is 603 g/mol. The van der Waals surface area contributed by atoms with E-state index in [0.29, 0.717) is 50.1 Å². The van der Waals surface area contributed by atoms with Crippen molar-refractivity contribution >= 4 is 50.8 Å². The quantitative estimate of drug-likeness (QED) is 0.289. The molecular weight excluding hydrogens is 578 g/mol. The lowest BCUT2D eigenvalue weighted by atomic mass is 9.95. The molecule has 206 valence electrons. The van der Waals surface area contributed by atoms with Crippen LogP contribution >= 0.6 is 15.9 Å². The number of rotatable bonds is 4. The predicted molar refractivity (Wildman–Crippen MR) is 142 cm³/mol. The molecule has 39 heavy (non-hydrogen) atoms. The maximum atomic E-state index is 12.3. The molecule has 2 aromatic rings. The summed E-state index contributed by atoms with van der Waals surface area (Å²) < 4.78 is 5.53. The van der Waals surface area contributed by atoms with Crippen LogP contribution in [0.5, 0.6) is 0 Å². The SMILES string of the molecule is CN1Cc2c(Br)ccc([N+](=O)[O-])c2C1=O.COC(=O)C1CCN(c2ccc([N+](=O)[O-])c3c2CN(C)C3=O)CC1. The van der Waals surface area contributed by atoms with E-state index in [1.807, 2.05) is 0 Å². The molecule has 2 aromatic carbocycles. The maximum absolute atomic E-state index is 12.3. The third kappa shape index (κ3) is 5.15. The zero-order chi connectivity index (χ0) is 28.6. The number of esters is 1. The maximum Gasteiger partial charge on any atom is 0.308 e. The van der Waals surface area contributed by atoms with Crippen LogP contribution in [0.4, 0.5) is 17.1 Å². The molecule has 3 aliphatic rings. The summed E-state index contributed by atoms with van der Waals surface area (Å²) in [6.07, 6.45) is 1.34. The lowest BCUT2D eigenvalue weighted by Gasteiger charge is -2.33. The van der Waals surface area contributed by atoms with Gasteiger partial charge >= 0.3 is 5.97 Å². The summed E-state index contributed by atoms with van der Waals surface area (Å²) in [5.41, 5.74) is 2.36. The molecule has 0 aromatic heterocycles. The fourth-order valence-corrected chi connectivity index (χ4v) is 5.61. The van der Waals surface area contributed by atoms with Gasteiger partial charge in [-0.1, -0.05) is 15.9 Å². The molecule has 13 nitrogen and oxygen atoms in total. The number of halogens is 1. The molecule has 0 atom stereocenters. The molecule has 2 amide bonds. The fraction of sp³-hybridized carbons (Fsp3) is 0.400. The molecule has 0 radical (unpaired) electrons. The fourth-order valence-electron chi connectivity index (χ4n) is 5.15. The van der Waals surface area contributed by atoms with E-state index in [0.717, 1.165) is 10.2 Å². The Morgan fingerprint density at radius 3 is 1.90 bits per heavy atom. The highest BCUT2D eigenvalue weighted by molar-refractivity contribution is 9.10. The Balaban J connectivity index is 0.000000202. The molecule has 14 heteroatoms. The molecule has 1 saturated heterocycles. The van der Waals surface area contributed by atoms with Crippen LogP contribution in [-0.4, -0.2) is 71.7 Å². The first-order valence-electron chi connectivity index (χ1n) is 12.1. The Morgan fingerprint density at radius 1 is 0.897 bits per heavy atom. The molecule has 1 fully saturated rings. The summed E-state index contributed by atoms with van der Waals surface area (Å²) in [6.45, 7) is 2.09. The van der Waals surface area contributed by atoms with E-state index in [-0.39, 0.29) is 46.2 Å². The first kappa shape index (κ1) is 28.0. The van der Waals surface area contributed by atoms with Crippen molar-refractivity contribution in [2.45, 2.75) is 25.9 Å². The third-order valence-electron chi connectivity index (χ3n) is 7.18. The van der Waals surface area contributed by atoms with Crippen LogP contribution in [-0.2, 0) is 22.6 Å². The number of anilines is 1. The van der Waals surface area contributed by atoms with Gasteiger partial charge in [0.25, 0.3) is 23.2 Å². The number of benzene rings is 2. The van der Waals surface area contributed by atoms with Gasteiger partial charge in [-0.3, -0.25) is 34.6 Å². The van der Waals surface area contributed by atoms with Gasteiger partial charge in [-0.05, 0) is 25.0 Å². The van der Waals surface area contributed by atoms with E-state index in [1.165, 1.54) is 29.0 Å². The minimum Gasteiger partial charge on any atom is -0.469 e. The molecule has 0 saturated carbocycles. The van der Waals surface area contributed by atoms with E-state index in [2.05, 4.69) is 20.8 Å². The number of methoxy groups -OCH3 is 1. The molecule has 0 bridgehead atoms. The zero-order valence-corrected chi connectivity index (χ0v) is 23.1. The highest BCUT2D eigenvalue weighted by atomic mass is 79.9. The largest absolute Gasteiger partial charge is 0.469 e. The van der Waals surface area contributed by atoms with Gasteiger partial charge in [-0.2, -0.15) is 0 Å². The molecule has 0 spiro atoms. The average Bonchev–Trinajstić information content (AvgIpc) is 3.39. The molecule has 3 aliphatic heterocycles. The van der Waals surface area contributed by atoms with Gasteiger partial charge in [0.2, 0.25) is 0 Å². The molecule has 5 rings (SSSR count). The minimum absolute atomic E-state index is 0.110. The van der Waals surface area contributed by atoms with Gasteiger partial charge in [0, 0.05) is 73.7 Å². The summed E-state index contributed by atoms with van der Waals surface area (Å²) >= 11 is 3.28. The number of ether oxygens (including phenoxy) is 1. The van der Waals surface area contributed by atoms with E-state index in [4.69, 9.17) is 4.74 Å². The smallest absolute Gasteiger partial charge is 0.308 e. The van der Waals surface area contributed by atoms with Crippen LogP contribution < -0.4 is 4.90 Å². The van der Waals surface area contributed by atoms with Crippen LogP contribution in [0.25, 0.3) is 0 Å². The number of hydrogen-bond acceptors (Lipinski definition) is 9. The Morgan fingerprint density at radius 2 is 1.38 bits per heavy atom. The van der Waals surface area contributed by atoms with Crippen molar-refractivity contribution in [1.29, 1.82) is 0 Å². The van der Waals surface area contributed by atoms with E-state index < -0.39 is 9.85 Å². The summed E-state index contributed by atoms with van der Waals surface area (Å²) in [7, 11) is 4.65. The van der Waals surface area contributed by atoms with Crippen molar-refractivity contribution in [2.75, 3.05) is 39.2 Å². The lowest BCUT2D eigenvalue weighted by molar-refractivity contribution is -0.385. The van der Waals surface area contributed by atoms with E-state index >= 15 is 0 Å². The summed E-state index contributed by atoms with van der Waals surface area (Å²) in [4.78, 5) is 61.6. The molecular formula is C25H26BrN5O8. The second-order valence-corrected chi connectivity index (χ2v) is 10.4. The van der Waals surface area contributed by atoms with Crippen molar-refractivity contribution in [3.05, 3.63) is 71.2 Å². The number of hydrogen-bond donors (Lipinski definition) is 0. The first-order chi connectivity index (χ1) is 18.5. The van der Waals surface area contributed by atoms with E-state index in [1.54, 1.807) is 26.2 Å². The van der Waals surface area contributed by atoms with Crippen LogP contribution in [0.3, 0.4) is 0 Å². The Hall–Kier alpha value is -4.07. The van der Waals surface area contributed by atoms with Crippen molar-refractivity contribution in [3.63, 3.8) is 0 Å². The Kier molecular flexibility index (Phi) is 7.86. The molecule has 0 unspecified atom stereocenters. The lowest BCUT2D eigenvalue weighted by Crippen LogP contribution is -2.37. The van der Waals surface area contributed by atoms with Crippen LogP contribution in [0.1, 0.15) is 44.7 Å². The summed E-state index contributed by atoms with van der Waals surface area (Å²) in [6, 6.07) is 6.06. The van der Waals surface area contributed by atoms with Gasteiger partial charge in [0.15, 0.2) is 0 Å². The number of piperidine rings is 1. The number of carbonyl (C=O) groups excluding carboxylic acids is 3. The van der Waals surface area contributed by atoms with Gasteiger partial charge in [-0.25, -0.2) is 0 Å². The van der Waals surface area contributed by atoms with Gasteiger partial charge < -0.3 is 19.4 Å². The topological polar surface area (TPSA) is 156 Å². The second-order valence-electron chi connectivity index (χ2n) is 9.50. The number of carbonyl (C=O) groups is 3. The Bertz CT molecular complexity index is 1390. The van der Waals surface area contributed by atoms with Crippen molar-refractivity contribution < 1.29 is 29.0 Å². The zero-order valence-electron chi connectivity index (χ0n) is 21.5. The van der Waals surface area contributed by atoms with Crippen LogP contribution in [0.2, 0.25) is 0 Å². The predicted octanol–water partition coefficient (Wildman–Crippen LogP) is 3.51.